The van der Waals surface area contributed by atoms with E-state index in [1.165, 1.54) is 0 Å². The monoisotopic (exact) mass is 287 g/mol. The number of benzene rings is 1. The van der Waals surface area contributed by atoms with Crippen molar-refractivity contribution in [2.75, 3.05) is 6.61 Å². The lowest BCUT2D eigenvalue weighted by Gasteiger charge is -2.14. The van der Waals surface area contributed by atoms with Crippen LogP contribution in [0.25, 0.3) is 0 Å². The number of rotatable bonds is 6. The molecule has 4 nitrogen and oxygen atoms in total. The Labute approximate surface area is 125 Å². The Morgan fingerprint density at radius 2 is 2.10 bits per heavy atom. The van der Waals surface area contributed by atoms with Gasteiger partial charge in [0.1, 0.15) is 0 Å². The van der Waals surface area contributed by atoms with Crippen molar-refractivity contribution in [2.45, 2.75) is 32.2 Å². The molecule has 0 aliphatic heterocycles. The molecule has 0 spiro atoms. The maximum absolute atomic E-state index is 11.8. The van der Waals surface area contributed by atoms with E-state index in [4.69, 9.17) is 4.74 Å². The Morgan fingerprint density at radius 3 is 2.76 bits per heavy atom. The van der Waals surface area contributed by atoms with Crippen LogP contribution in [-0.2, 0) is 14.3 Å². The molecule has 1 N–H and O–H groups in total. The first kappa shape index (κ1) is 15.3. The third-order valence-electron chi connectivity index (χ3n) is 3.58. The third kappa shape index (κ3) is 5.06. The first-order valence-electron chi connectivity index (χ1n) is 7.31. The fraction of sp³-hybridized carbons (Fsp3) is 0.412. The van der Waals surface area contributed by atoms with Gasteiger partial charge >= 0.3 is 5.97 Å². The van der Waals surface area contributed by atoms with Crippen molar-refractivity contribution in [1.29, 1.82) is 0 Å². The lowest BCUT2D eigenvalue weighted by atomic mass is 10.1. The Hall–Kier alpha value is -2.10. The molecule has 21 heavy (non-hydrogen) atoms. The van der Waals surface area contributed by atoms with Crippen LogP contribution >= 0.6 is 0 Å². The molecule has 2 atom stereocenters. The molecule has 0 heterocycles. The fourth-order valence-electron chi connectivity index (χ4n) is 2.39. The van der Waals surface area contributed by atoms with Crippen molar-refractivity contribution in [3.63, 3.8) is 0 Å². The zero-order chi connectivity index (χ0) is 15.1. The van der Waals surface area contributed by atoms with Gasteiger partial charge in [-0.3, -0.25) is 9.59 Å². The molecular weight excluding hydrogens is 266 g/mol. The molecule has 2 rings (SSSR count). The van der Waals surface area contributed by atoms with E-state index in [1.54, 1.807) is 0 Å². The third-order valence-corrected chi connectivity index (χ3v) is 3.58. The van der Waals surface area contributed by atoms with Gasteiger partial charge in [0.2, 0.25) is 0 Å². The van der Waals surface area contributed by atoms with E-state index < -0.39 is 0 Å². The zero-order valence-corrected chi connectivity index (χ0v) is 12.2. The van der Waals surface area contributed by atoms with Crippen LogP contribution in [0.2, 0.25) is 0 Å². The highest BCUT2D eigenvalue weighted by molar-refractivity contribution is 5.80. The second kappa shape index (κ2) is 7.62. The SMILES string of the molecule is C[C@@H](NC(=O)COC(=O)C[C@@H]1C=CCC1)c1ccccc1. The van der Waals surface area contributed by atoms with E-state index in [2.05, 4.69) is 11.4 Å². The highest BCUT2D eigenvalue weighted by Gasteiger charge is 2.16. The summed E-state index contributed by atoms with van der Waals surface area (Å²) in [5.74, 6) is -0.320. The van der Waals surface area contributed by atoms with Gasteiger partial charge in [-0.2, -0.15) is 0 Å². The van der Waals surface area contributed by atoms with Gasteiger partial charge in [0.15, 0.2) is 6.61 Å². The summed E-state index contributed by atoms with van der Waals surface area (Å²) in [5, 5.41) is 2.82. The van der Waals surface area contributed by atoms with Crippen LogP contribution in [0.3, 0.4) is 0 Å². The number of carbonyl (C=O) groups excluding carboxylic acids is 2. The number of allylic oxidation sites excluding steroid dienone is 2. The van der Waals surface area contributed by atoms with Gasteiger partial charge in [0.25, 0.3) is 5.91 Å². The second-order valence-corrected chi connectivity index (χ2v) is 5.33. The fourth-order valence-corrected chi connectivity index (χ4v) is 2.39. The minimum atomic E-state index is -0.311. The van der Waals surface area contributed by atoms with Gasteiger partial charge in [-0.1, -0.05) is 42.5 Å². The van der Waals surface area contributed by atoms with E-state index in [0.29, 0.717) is 6.42 Å². The summed E-state index contributed by atoms with van der Waals surface area (Å²) >= 11 is 0. The molecule has 0 aromatic heterocycles. The molecule has 1 aromatic rings. The summed E-state index contributed by atoms with van der Waals surface area (Å²) in [6, 6.07) is 9.57. The van der Waals surface area contributed by atoms with Crippen molar-refractivity contribution in [3.8, 4) is 0 Å². The quantitative estimate of drug-likeness (QED) is 0.646. The Balaban J connectivity index is 1.69. The highest BCUT2D eigenvalue weighted by Crippen LogP contribution is 2.20. The molecule has 1 amide bonds. The van der Waals surface area contributed by atoms with Crippen molar-refractivity contribution in [2.24, 2.45) is 5.92 Å². The topological polar surface area (TPSA) is 55.4 Å². The van der Waals surface area contributed by atoms with Crippen molar-refractivity contribution >= 4 is 11.9 Å². The molecule has 0 unspecified atom stereocenters. The van der Waals surface area contributed by atoms with Crippen molar-refractivity contribution < 1.29 is 14.3 Å². The lowest BCUT2D eigenvalue weighted by Crippen LogP contribution is -2.31. The predicted molar refractivity (Wildman–Crippen MR) is 80.4 cm³/mol. The number of esters is 1. The molecule has 0 saturated heterocycles. The molecule has 0 radical (unpaired) electrons. The number of nitrogens with one attached hydrogen (secondary N) is 1. The van der Waals surface area contributed by atoms with Gasteiger partial charge in [-0.15, -0.1) is 0 Å². The Kier molecular flexibility index (Phi) is 5.55. The first-order chi connectivity index (χ1) is 10.1. The average Bonchev–Trinajstić information content (AvgIpc) is 2.99. The van der Waals surface area contributed by atoms with E-state index in [-0.39, 0.29) is 30.4 Å². The summed E-state index contributed by atoms with van der Waals surface area (Å²) in [6.45, 7) is 1.69. The summed E-state index contributed by atoms with van der Waals surface area (Å²) < 4.78 is 5.02. The molecular formula is C17H21NO3. The number of hydrogen-bond donors (Lipinski definition) is 1. The van der Waals surface area contributed by atoms with Crippen LogP contribution < -0.4 is 5.32 Å². The Morgan fingerprint density at radius 1 is 1.33 bits per heavy atom. The molecule has 112 valence electrons. The van der Waals surface area contributed by atoms with Gasteiger partial charge in [-0.25, -0.2) is 0 Å². The zero-order valence-electron chi connectivity index (χ0n) is 12.2. The average molecular weight is 287 g/mol. The van der Waals surface area contributed by atoms with Gasteiger partial charge in [0.05, 0.1) is 12.5 Å². The summed E-state index contributed by atoms with van der Waals surface area (Å²) in [4.78, 5) is 23.4. The molecule has 0 fully saturated rings. The van der Waals surface area contributed by atoms with Crippen LogP contribution in [0, 0.1) is 5.92 Å². The number of hydrogen-bond acceptors (Lipinski definition) is 3. The molecule has 0 bridgehead atoms. The van der Waals surface area contributed by atoms with E-state index in [0.717, 1.165) is 18.4 Å². The standard InChI is InChI=1S/C17H21NO3/c1-13(15-9-3-2-4-10-15)18-16(19)12-21-17(20)11-14-7-5-6-8-14/h2-5,7,9-10,13-14H,6,8,11-12H2,1H3,(H,18,19)/t13-,14-/m1/s1. The van der Waals surface area contributed by atoms with Crippen molar-refractivity contribution in [3.05, 3.63) is 48.0 Å². The molecule has 0 saturated carbocycles. The molecule has 4 heteroatoms. The molecule has 1 aromatic carbocycles. The number of amides is 1. The number of ether oxygens (including phenoxy) is 1. The molecule has 1 aliphatic carbocycles. The maximum atomic E-state index is 11.8. The van der Waals surface area contributed by atoms with Crippen molar-refractivity contribution in [1.82, 2.24) is 5.32 Å². The van der Waals surface area contributed by atoms with Crippen LogP contribution in [0.15, 0.2) is 42.5 Å². The maximum Gasteiger partial charge on any atom is 0.306 e. The van der Waals surface area contributed by atoms with Gasteiger partial charge < -0.3 is 10.1 Å². The lowest BCUT2D eigenvalue weighted by molar-refractivity contribution is -0.149. The largest absolute Gasteiger partial charge is 0.456 e. The first-order valence-corrected chi connectivity index (χ1v) is 7.31. The van der Waals surface area contributed by atoms with Gasteiger partial charge in [0, 0.05) is 0 Å². The highest BCUT2D eigenvalue weighted by atomic mass is 16.5. The minimum Gasteiger partial charge on any atom is -0.456 e. The van der Waals surface area contributed by atoms with Crippen LogP contribution in [0.5, 0.6) is 0 Å². The van der Waals surface area contributed by atoms with Crippen LogP contribution in [0.1, 0.15) is 37.8 Å². The number of carbonyl (C=O) groups is 2. The van der Waals surface area contributed by atoms with Crippen LogP contribution in [0.4, 0.5) is 0 Å². The molecule has 1 aliphatic rings. The second-order valence-electron chi connectivity index (χ2n) is 5.33. The van der Waals surface area contributed by atoms with E-state index in [1.807, 2.05) is 43.3 Å². The van der Waals surface area contributed by atoms with E-state index in [9.17, 15) is 9.59 Å². The summed E-state index contributed by atoms with van der Waals surface area (Å²) in [6.07, 6.45) is 6.49. The van der Waals surface area contributed by atoms with E-state index >= 15 is 0 Å². The van der Waals surface area contributed by atoms with Crippen LogP contribution in [-0.4, -0.2) is 18.5 Å². The summed E-state index contributed by atoms with van der Waals surface area (Å²) in [7, 11) is 0. The predicted octanol–water partition coefficient (Wildman–Crippen LogP) is 2.76. The summed E-state index contributed by atoms with van der Waals surface area (Å²) in [5.41, 5.74) is 1.02. The smallest absolute Gasteiger partial charge is 0.306 e. The van der Waals surface area contributed by atoms with Gasteiger partial charge in [-0.05, 0) is 31.2 Å². The Bertz CT molecular complexity index is 510. The normalized spacial score (nSPS) is 18.2. The minimum absolute atomic E-state index is 0.102.